The number of esters is 1. The third-order valence-corrected chi connectivity index (χ3v) is 4.25. The van der Waals surface area contributed by atoms with Crippen molar-refractivity contribution < 1.29 is 18.7 Å². The Labute approximate surface area is 139 Å². The number of carbonyl (C=O) groups is 2. The zero-order valence-electron chi connectivity index (χ0n) is 14.5. The van der Waals surface area contributed by atoms with Gasteiger partial charge in [0.25, 0.3) is 5.91 Å². The quantitative estimate of drug-likeness (QED) is 0.693. The van der Waals surface area contributed by atoms with Gasteiger partial charge >= 0.3 is 5.97 Å². The first-order valence-corrected chi connectivity index (χ1v) is 7.77. The number of benzene rings is 1. The number of rotatable bonds is 3. The number of ether oxygens (including phenoxy) is 1. The molecule has 0 radical (unpaired) electrons. The van der Waals surface area contributed by atoms with E-state index in [4.69, 9.17) is 9.15 Å². The molecule has 6 heteroatoms. The van der Waals surface area contributed by atoms with Crippen molar-refractivity contribution >= 4 is 33.7 Å². The Morgan fingerprint density at radius 3 is 2.62 bits per heavy atom. The van der Waals surface area contributed by atoms with Gasteiger partial charge in [-0.15, -0.1) is 0 Å². The van der Waals surface area contributed by atoms with Crippen molar-refractivity contribution in [1.82, 2.24) is 9.47 Å². The molecule has 0 fully saturated rings. The highest BCUT2D eigenvalue weighted by atomic mass is 16.5. The van der Waals surface area contributed by atoms with Crippen LogP contribution in [0, 0.1) is 6.92 Å². The van der Waals surface area contributed by atoms with Gasteiger partial charge in [-0.25, -0.2) is 4.79 Å². The number of aromatic nitrogens is 1. The topological polar surface area (TPSA) is 64.7 Å². The summed E-state index contributed by atoms with van der Waals surface area (Å²) >= 11 is 0. The Morgan fingerprint density at radius 2 is 2.00 bits per heavy atom. The Kier molecular flexibility index (Phi) is 3.83. The molecule has 0 unspecified atom stereocenters. The van der Waals surface area contributed by atoms with Gasteiger partial charge < -0.3 is 18.6 Å². The number of amides is 1. The van der Waals surface area contributed by atoms with Crippen LogP contribution in [0.2, 0.25) is 0 Å². The summed E-state index contributed by atoms with van der Waals surface area (Å²) in [6.45, 7) is 3.96. The van der Waals surface area contributed by atoms with Gasteiger partial charge in [-0.1, -0.05) is 0 Å². The van der Waals surface area contributed by atoms with Gasteiger partial charge in [0, 0.05) is 43.1 Å². The molecule has 0 saturated heterocycles. The van der Waals surface area contributed by atoms with Gasteiger partial charge in [0.1, 0.15) is 5.58 Å². The molecular formula is C18H20N2O4. The number of carbonyl (C=O) groups excluding carboxylic acids is 2. The summed E-state index contributed by atoms with van der Waals surface area (Å²) in [6.07, 6.45) is 0. The SMILES string of the molecule is CCOC(=O)c1c(C)n(C)c2ccc3oc(C(=O)N(C)C)cc3c12. The van der Waals surface area contributed by atoms with Crippen LogP contribution in [0.3, 0.4) is 0 Å². The second-order valence-electron chi connectivity index (χ2n) is 5.92. The first kappa shape index (κ1) is 16.1. The molecule has 2 heterocycles. The molecular weight excluding hydrogens is 308 g/mol. The van der Waals surface area contributed by atoms with E-state index in [9.17, 15) is 9.59 Å². The molecule has 0 spiro atoms. The van der Waals surface area contributed by atoms with Crippen molar-refractivity contribution in [2.24, 2.45) is 7.05 Å². The minimum absolute atomic E-state index is 0.218. The molecule has 0 aliphatic carbocycles. The highest BCUT2D eigenvalue weighted by molar-refractivity contribution is 6.17. The molecule has 1 aromatic carbocycles. The normalized spacial score (nSPS) is 11.2. The standard InChI is InChI=1S/C18H20N2O4/c1-6-23-18(22)15-10(2)20(5)12-7-8-13-11(16(12)15)9-14(24-13)17(21)19(3)4/h7-9H,6H2,1-5H3. The summed E-state index contributed by atoms with van der Waals surface area (Å²) in [4.78, 5) is 26.1. The highest BCUT2D eigenvalue weighted by Gasteiger charge is 2.24. The summed E-state index contributed by atoms with van der Waals surface area (Å²) in [6, 6.07) is 5.40. The summed E-state index contributed by atoms with van der Waals surface area (Å²) in [7, 11) is 5.24. The van der Waals surface area contributed by atoms with Crippen molar-refractivity contribution in [3.8, 4) is 0 Å². The van der Waals surface area contributed by atoms with Crippen molar-refractivity contribution in [3.05, 3.63) is 35.2 Å². The second-order valence-corrected chi connectivity index (χ2v) is 5.92. The number of hydrogen-bond donors (Lipinski definition) is 0. The Bertz CT molecular complexity index is 963. The van der Waals surface area contributed by atoms with E-state index in [1.165, 1.54) is 4.90 Å². The first-order valence-electron chi connectivity index (χ1n) is 7.77. The zero-order valence-corrected chi connectivity index (χ0v) is 14.5. The second kappa shape index (κ2) is 5.70. The maximum Gasteiger partial charge on any atom is 0.340 e. The van der Waals surface area contributed by atoms with E-state index in [-0.39, 0.29) is 17.6 Å². The fourth-order valence-corrected chi connectivity index (χ4v) is 2.95. The van der Waals surface area contributed by atoms with Gasteiger partial charge in [-0.3, -0.25) is 4.79 Å². The van der Waals surface area contributed by atoms with Crippen LogP contribution in [-0.2, 0) is 11.8 Å². The number of fused-ring (bicyclic) bond motifs is 3. The zero-order chi connectivity index (χ0) is 17.6. The van der Waals surface area contributed by atoms with Gasteiger partial charge in [-0.2, -0.15) is 0 Å². The molecule has 0 aliphatic rings. The van der Waals surface area contributed by atoms with Crippen molar-refractivity contribution in [1.29, 1.82) is 0 Å². The molecule has 24 heavy (non-hydrogen) atoms. The van der Waals surface area contributed by atoms with Crippen LogP contribution >= 0.6 is 0 Å². The van der Waals surface area contributed by atoms with E-state index in [1.807, 2.05) is 30.7 Å². The van der Waals surface area contributed by atoms with Crippen LogP contribution < -0.4 is 0 Å². The third-order valence-electron chi connectivity index (χ3n) is 4.25. The van der Waals surface area contributed by atoms with Crippen molar-refractivity contribution in [2.45, 2.75) is 13.8 Å². The monoisotopic (exact) mass is 328 g/mol. The molecule has 0 atom stereocenters. The molecule has 126 valence electrons. The number of furan rings is 1. The number of nitrogens with zero attached hydrogens (tertiary/aromatic N) is 2. The van der Waals surface area contributed by atoms with E-state index in [0.29, 0.717) is 17.8 Å². The van der Waals surface area contributed by atoms with Crippen LogP contribution in [0.15, 0.2) is 22.6 Å². The lowest BCUT2D eigenvalue weighted by molar-refractivity contribution is 0.0527. The lowest BCUT2D eigenvalue weighted by atomic mass is 10.1. The molecule has 0 aliphatic heterocycles. The molecule has 2 aromatic heterocycles. The maximum absolute atomic E-state index is 12.4. The number of hydrogen-bond acceptors (Lipinski definition) is 4. The smallest absolute Gasteiger partial charge is 0.340 e. The lowest BCUT2D eigenvalue weighted by Gasteiger charge is -2.06. The lowest BCUT2D eigenvalue weighted by Crippen LogP contribution is -2.20. The molecule has 0 bridgehead atoms. The van der Waals surface area contributed by atoms with Crippen LogP contribution in [0.1, 0.15) is 33.5 Å². The van der Waals surface area contributed by atoms with Crippen LogP contribution in [0.4, 0.5) is 0 Å². The highest BCUT2D eigenvalue weighted by Crippen LogP contribution is 2.34. The molecule has 1 amide bonds. The van der Waals surface area contributed by atoms with Gasteiger partial charge in [-0.05, 0) is 32.0 Å². The van der Waals surface area contributed by atoms with E-state index in [2.05, 4.69) is 0 Å². The summed E-state index contributed by atoms with van der Waals surface area (Å²) in [5, 5.41) is 1.50. The molecule has 6 nitrogen and oxygen atoms in total. The summed E-state index contributed by atoms with van der Waals surface area (Å²) < 4.78 is 12.8. The van der Waals surface area contributed by atoms with Gasteiger partial charge in [0.2, 0.25) is 0 Å². The first-order chi connectivity index (χ1) is 11.4. The Balaban J connectivity index is 2.35. The van der Waals surface area contributed by atoms with Crippen molar-refractivity contribution in [3.63, 3.8) is 0 Å². The Hall–Kier alpha value is -2.76. The maximum atomic E-state index is 12.4. The Morgan fingerprint density at radius 1 is 1.29 bits per heavy atom. The predicted octanol–water partition coefficient (Wildman–Crippen LogP) is 3.11. The molecule has 0 saturated carbocycles. The predicted molar refractivity (Wildman–Crippen MR) is 91.4 cm³/mol. The minimum atomic E-state index is -0.366. The summed E-state index contributed by atoms with van der Waals surface area (Å²) in [5.74, 6) is -0.335. The molecule has 3 rings (SSSR count). The average molecular weight is 328 g/mol. The average Bonchev–Trinajstić information content (AvgIpc) is 3.07. The van der Waals surface area contributed by atoms with Crippen LogP contribution in [-0.4, -0.2) is 42.0 Å². The minimum Gasteiger partial charge on any atom is -0.462 e. The van der Waals surface area contributed by atoms with Gasteiger partial charge in [0.05, 0.1) is 12.2 Å². The summed E-state index contributed by atoms with van der Waals surface area (Å²) in [5.41, 5.74) is 2.80. The molecule has 0 N–H and O–H groups in total. The number of aryl methyl sites for hydroxylation is 1. The van der Waals surface area contributed by atoms with Crippen LogP contribution in [0.5, 0.6) is 0 Å². The van der Waals surface area contributed by atoms with Crippen molar-refractivity contribution in [2.75, 3.05) is 20.7 Å². The van der Waals surface area contributed by atoms with E-state index >= 15 is 0 Å². The van der Waals surface area contributed by atoms with Crippen LogP contribution in [0.25, 0.3) is 21.9 Å². The fourth-order valence-electron chi connectivity index (χ4n) is 2.95. The largest absolute Gasteiger partial charge is 0.462 e. The van der Waals surface area contributed by atoms with E-state index < -0.39 is 0 Å². The van der Waals surface area contributed by atoms with E-state index in [1.54, 1.807) is 27.1 Å². The third kappa shape index (κ3) is 2.26. The fraction of sp³-hybridized carbons (Fsp3) is 0.333. The van der Waals surface area contributed by atoms with E-state index in [0.717, 1.165) is 22.0 Å². The molecule has 3 aromatic rings. The van der Waals surface area contributed by atoms with Gasteiger partial charge in [0.15, 0.2) is 5.76 Å².